The number of hydrogen-bond donors (Lipinski definition) is 1. The van der Waals surface area contributed by atoms with Gasteiger partial charge in [0.25, 0.3) is 0 Å². The molecule has 0 saturated carbocycles. The van der Waals surface area contributed by atoms with Crippen LogP contribution in [-0.2, 0) is 4.74 Å². The average molecular weight is 266 g/mol. The molecule has 0 aromatic heterocycles. The van der Waals surface area contributed by atoms with Crippen LogP contribution in [0.1, 0.15) is 38.3 Å². The van der Waals surface area contributed by atoms with Crippen molar-refractivity contribution in [3.05, 3.63) is 29.6 Å². The number of ether oxygens (including phenoxy) is 1. The third-order valence-corrected chi connectivity index (χ3v) is 3.97. The second-order valence-corrected chi connectivity index (χ2v) is 5.67. The Morgan fingerprint density at radius 2 is 2.21 bits per heavy atom. The van der Waals surface area contributed by atoms with Crippen LogP contribution in [0.2, 0.25) is 0 Å². The molecule has 1 saturated heterocycles. The second kappa shape index (κ2) is 5.47. The molecule has 0 radical (unpaired) electrons. The molecule has 2 N–H and O–H groups in total. The van der Waals surface area contributed by atoms with Crippen molar-refractivity contribution in [2.45, 2.75) is 38.3 Å². The predicted molar refractivity (Wildman–Crippen MR) is 75.9 cm³/mol. The standard InChI is InChI=1S/C15H23FN2O/c1-11(17)13-9-12(16)5-6-14(13)18-8-4-7-15(2,10-18)19-3/h5-6,9,11H,4,7-8,10,17H2,1-3H3/t11-,15?/m1/s1. The number of rotatable bonds is 3. The number of anilines is 1. The van der Waals surface area contributed by atoms with Crippen LogP contribution in [0.25, 0.3) is 0 Å². The lowest BCUT2D eigenvalue weighted by atomic mass is 9.93. The number of nitrogens with zero attached hydrogens (tertiary/aromatic N) is 1. The Hall–Kier alpha value is -1.13. The molecular weight excluding hydrogens is 243 g/mol. The molecule has 1 aromatic carbocycles. The summed E-state index contributed by atoms with van der Waals surface area (Å²) in [6.07, 6.45) is 2.12. The van der Waals surface area contributed by atoms with E-state index in [2.05, 4.69) is 11.8 Å². The summed E-state index contributed by atoms with van der Waals surface area (Å²) in [5, 5.41) is 0. The Morgan fingerprint density at radius 3 is 2.84 bits per heavy atom. The van der Waals surface area contributed by atoms with E-state index in [1.54, 1.807) is 13.2 Å². The molecule has 1 heterocycles. The van der Waals surface area contributed by atoms with Crippen molar-refractivity contribution in [2.24, 2.45) is 5.73 Å². The predicted octanol–water partition coefficient (Wildman–Crippen LogP) is 2.85. The Bertz CT molecular complexity index is 450. The minimum Gasteiger partial charge on any atom is -0.377 e. The first kappa shape index (κ1) is 14.3. The normalized spacial score (nSPS) is 25.4. The third-order valence-electron chi connectivity index (χ3n) is 3.97. The summed E-state index contributed by atoms with van der Waals surface area (Å²) in [6, 6.07) is 4.69. The van der Waals surface area contributed by atoms with Gasteiger partial charge in [-0.1, -0.05) is 0 Å². The zero-order chi connectivity index (χ0) is 14.0. The first-order valence-electron chi connectivity index (χ1n) is 6.80. The molecule has 19 heavy (non-hydrogen) atoms. The van der Waals surface area contributed by atoms with E-state index in [1.165, 1.54) is 6.07 Å². The number of hydrogen-bond acceptors (Lipinski definition) is 3. The van der Waals surface area contributed by atoms with E-state index < -0.39 is 0 Å². The minimum absolute atomic E-state index is 0.137. The zero-order valence-corrected chi connectivity index (χ0v) is 11.9. The van der Waals surface area contributed by atoms with Crippen molar-refractivity contribution in [1.82, 2.24) is 0 Å². The molecule has 2 atom stereocenters. The van der Waals surface area contributed by atoms with Crippen LogP contribution < -0.4 is 10.6 Å². The highest BCUT2D eigenvalue weighted by Crippen LogP contribution is 2.32. The Kier molecular flexibility index (Phi) is 4.11. The maximum absolute atomic E-state index is 13.4. The van der Waals surface area contributed by atoms with Gasteiger partial charge in [0, 0.05) is 31.9 Å². The summed E-state index contributed by atoms with van der Waals surface area (Å²) < 4.78 is 19.0. The van der Waals surface area contributed by atoms with Crippen molar-refractivity contribution in [1.29, 1.82) is 0 Å². The minimum atomic E-state index is -0.234. The maximum atomic E-state index is 13.4. The fraction of sp³-hybridized carbons (Fsp3) is 0.600. The summed E-state index contributed by atoms with van der Waals surface area (Å²) in [6.45, 7) is 5.78. The van der Waals surface area contributed by atoms with E-state index in [-0.39, 0.29) is 17.5 Å². The van der Waals surface area contributed by atoms with Gasteiger partial charge in [-0.05, 0) is 50.5 Å². The molecule has 0 aliphatic carbocycles. The van der Waals surface area contributed by atoms with Gasteiger partial charge in [-0.2, -0.15) is 0 Å². The molecule has 1 aliphatic heterocycles. The SMILES string of the molecule is COC1(C)CCCN(c2ccc(F)cc2[C@@H](C)N)C1. The molecule has 1 fully saturated rings. The summed E-state index contributed by atoms with van der Waals surface area (Å²) >= 11 is 0. The number of nitrogens with two attached hydrogens (primary N) is 1. The maximum Gasteiger partial charge on any atom is 0.123 e. The highest BCUT2D eigenvalue weighted by Gasteiger charge is 2.31. The fourth-order valence-electron chi connectivity index (χ4n) is 2.76. The fourth-order valence-corrected chi connectivity index (χ4v) is 2.76. The van der Waals surface area contributed by atoms with Crippen LogP contribution in [0.5, 0.6) is 0 Å². The van der Waals surface area contributed by atoms with Crippen LogP contribution in [0.4, 0.5) is 10.1 Å². The molecule has 1 aromatic rings. The van der Waals surface area contributed by atoms with E-state index in [1.807, 2.05) is 13.0 Å². The van der Waals surface area contributed by atoms with E-state index in [9.17, 15) is 4.39 Å². The van der Waals surface area contributed by atoms with Crippen LogP contribution >= 0.6 is 0 Å². The average Bonchev–Trinajstić information content (AvgIpc) is 2.38. The van der Waals surface area contributed by atoms with Gasteiger partial charge < -0.3 is 15.4 Å². The lowest BCUT2D eigenvalue weighted by molar-refractivity contribution is -0.00469. The van der Waals surface area contributed by atoms with Gasteiger partial charge in [-0.25, -0.2) is 4.39 Å². The van der Waals surface area contributed by atoms with Crippen molar-refractivity contribution < 1.29 is 9.13 Å². The zero-order valence-electron chi connectivity index (χ0n) is 11.9. The molecule has 0 bridgehead atoms. The molecule has 2 rings (SSSR count). The number of piperidine rings is 1. The molecule has 0 amide bonds. The number of halogens is 1. The van der Waals surface area contributed by atoms with Gasteiger partial charge in [-0.3, -0.25) is 0 Å². The van der Waals surface area contributed by atoms with Gasteiger partial charge in [0.1, 0.15) is 5.82 Å². The Balaban J connectivity index is 2.31. The van der Waals surface area contributed by atoms with Gasteiger partial charge >= 0.3 is 0 Å². The molecule has 0 spiro atoms. The Morgan fingerprint density at radius 1 is 1.47 bits per heavy atom. The number of methoxy groups -OCH3 is 1. The monoisotopic (exact) mass is 266 g/mol. The van der Waals surface area contributed by atoms with Gasteiger partial charge in [0.15, 0.2) is 0 Å². The van der Waals surface area contributed by atoms with Crippen molar-refractivity contribution in [3.8, 4) is 0 Å². The topological polar surface area (TPSA) is 38.5 Å². The van der Waals surface area contributed by atoms with E-state index in [4.69, 9.17) is 10.5 Å². The van der Waals surface area contributed by atoms with Gasteiger partial charge in [0.05, 0.1) is 5.60 Å². The lowest BCUT2D eigenvalue weighted by Crippen LogP contribution is -2.47. The second-order valence-electron chi connectivity index (χ2n) is 5.67. The first-order chi connectivity index (χ1) is 8.95. The van der Waals surface area contributed by atoms with E-state index >= 15 is 0 Å². The quantitative estimate of drug-likeness (QED) is 0.914. The molecule has 106 valence electrons. The van der Waals surface area contributed by atoms with Crippen molar-refractivity contribution in [3.63, 3.8) is 0 Å². The van der Waals surface area contributed by atoms with Crippen LogP contribution in [0.15, 0.2) is 18.2 Å². The van der Waals surface area contributed by atoms with Gasteiger partial charge in [-0.15, -0.1) is 0 Å². The van der Waals surface area contributed by atoms with E-state index in [0.29, 0.717) is 0 Å². The molecular formula is C15H23FN2O. The first-order valence-corrected chi connectivity index (χ1v) is 6.80. The molecule has 1 unspecified atom stereocenters. The highest BCUT2D eigenvalue weighted by molar-refractivity contribution is 5.55. The summed E-state index contributed by atoms with van der Waals surface area (Å²) in [4.78, 5) is 2.26. The van der Waals surface area contributed by atoms with Gasteiger partial charge in [0.2, 0.25) is 0 Å². The van der Waals surface area contributed by atoms with Crippen molar-refractivity contribution in [2.75, 3.05) is 25.1 Å². The highest BCUT2D eigenvalue weighted by atomic mass is 19.1. The van der Waals surface area contributed by atoms with Crippen LogP contribution in [0, 0.1) is 5.82 Å². The van der Waals surface area contributed by atoms with Crippen LogP contribution in [-0.4, -0.2) is 25.8 Å². The molecule has 1 aliphatic rings. The summed E-state index contributed by atoms with van der Waals surface area (Å²) in [7, 11) is 1.75. The van der Waals surface area contributed by atoms with E-state index in [0.717, 1.165) is 37.2 Å². The molecule has 3 nitrogen and oxygen atoms in total. The Labute approximate surface area is 114 Å². The smallest absolute Gasteiger partial charge is 0.123 e. The summed E-state index contributed by atoms with van der Waals surface area (Å²) in [5.74, 6) is -0.234. The summed E-state index contributed by atoms with van der Waals surface area (Å²) in [5.41, 5.74) is 7.72. The van der Waals surface area contributed by atoms with Crippen molar-refractivity contribution >= 4 is 5.69 Å². The van der Waals surface area contributed by atoms with Crippen LogP contribution in [0.3, 0.4) is 0 Å². The largest absolute Gasteiger partial charge is 0.377 e. The molecule has 4 heteroatoms. The lowest BCUT2D eigenvalue weighted by Gasteiger charge is -2.41. The third kappa shape index (κ3) is 3.07. The number of benzene rings is 1.